The van der Waals surface area contributed by atoms with Crippen LogP contribution in [0.4, 0.5) is 4.39 Å². The predicted octanol–water partition coefficient (Wildman–Crippen LogP) is 3.38. The van der Waals surface area contributed by atoms with Crippen LogP contribution in [-0.4, -0.2) is 5.11 Å². The second-order valence-electron chi connectivity index (χ2n) is 4.51. The van der Waals surface area contributed by atoms with E-state index < -0.39 is 5.82 Å². The van der Waals surface area contributed by atoms with E-state index in [2.05, 4.69) is 24.4 Å². The molecule has 0 aromatic heterocycles. The predicted molar refractivity (Wildman–Crippen MR) is 74.4 cm³/mol. The molecule has 2 N–H and O–H groups in total. The fraction of sp³-hybridized carbons (Fsp3) is 0.250. The minimum absolute atomic E-state index is 0.305. The molecular formula is C16H18FNO. The van der Waals surface area contributed by atoms with Crippen LogP contribution in [0.25, 0.3) is 0 Å². The number of hydrogen-bond acceptors (Lipinski definition) is 2. The lowest BCUT2D eigenvalue weighted by Crippen LogP contribution is -2.14. The molecule has 0 fully saturated rings. The summed E-state index contributed by atoms with van der Waals surface area (Å²) in [6, 6.07) is 12.7. The number of halogens is 1. The Labute approximate surface area is 112 Å². The van der Waals surface area contributed by atoms with Crippen molar-refractivity contribution >= 4 is 0 Å². The molecule has 0 aliphatic rings. The Balaban J connectivity index is 1.94. The molecule has 100 valence electrons. The zero-order valence-electron chi connectivity index (χ0n) is 11.0. The topological polar surface area (TPSA) is 32.3 Å². The van der Waals surface area contributed by atoms with E-state index in [4.69, 9.17) is 5.11 Å². The lowest BCUT2D eigenvalue weighted by Gasteiger charge is -2.09. The highest BCUT2D eigenvalue weighted by molar-refractivity contribution is 5.29. The molecule has 0 aliphatic carbocycles. The molecule has 0 spiro atoms. The van der Waals surface area contributed by atoms with Gasteiger partial charge in [0.15, 0.2) is 11.6 Å². The molecule has 2 aromatic rings. The van der Waals surface area contributed by atoms with Gasteiger partial charge in [0.2, 0.25) is 0 Å². The van der Waals surface area contributed by atoms with E-state index >= 15 is 0 Å². The first-order chi connectivity index (χ1) is 9.20. The Morgan fingerprint density at radius 2 is 1.79 bits per heavy atom. The Hall–Kier alpha value is -1.87. The number of phenols is 1. The average molecular weight is 259 g/mol. The minimum atomic E-state index is -0.576. The quantitative estimate of drug-likeness (QED) is 0.862. The Morgan fingerprint density at radius 3 is 2.47 bits per heavy atom. The van der Waals surface area contributed by atoms with Crippen LogP contribution in [0, 0.1) is 5.82 Å². The number of rotatable bonds is 5. The highest BCUT2D eigenvalue weighted by atomic mass is 19.1. The normalized spacial score (nSPS) is 10.6. The van der Waals surface area contributed by atoms with Gasteiger partial charge in [0, 0.05) is 13.1 Å². The SMILES string of the molecule is CCc1ccccc1CNCc1ccc(O)c(F)c1. The third-order valence-electron chi connectivity index (χ3n) is 3.16. The van der Waals surface area contributed by atoms with Crippen LogP contribution < -0.4 is 5.32 Å². The van der Waals surface area contributed by atoms with Crippen molar-refractivity contribution in [3.8, 4) is 5.75 Å². The number of aromatic hydroxyl groups is 1. The summed E-state index contributed by atoms with van der Waals surface area (Å²) in [5.41, 5.74) is 3.42. The molecule has 0 unspecified atom stereocenters. The molecule has 0 aliphatic heterocycles. The van der Waals surface area contributed by atoms with Crippen LogP contribution in [-0.2, 0) is 19.5 Å². The van der Waals surface area contributed by atoms with Crippen molar-refractivity contribution in [2.75, 3.05) is 0 Å². The molecule has 0 radical (unpaired) electrons. The summed E-state index contributed by atoms with van der Waals surface area (Å²) in [7, 11) is 0. The summed E-state index contributed by atoms with van der Waals surface area (Å²) >= 11 is 0. The van der Waals surface area contributed by atoms with E-state index in [0.29, 0.717) is 6.54 Å². The van der Waals surface area contributed by atoms with Gasteiger partial charge >= 0.3 is 0 Å². The number of benzene rings is 2. The zero-order chi connectivity index (χ0) is 13.7. The van der Waals surface area contributed by atoms with Gasteiger partial charge in [0.05, 0.1) is 0 Å². The third kappa shape index (κ3) is 3.55. The van der Waals surface area contributed by atoms with Crippen LogP contribution in [0.2, 0.25) is 0 Å². The first kappa shape index (κ1) is 13.6. The van der Waals surface area contributed by atoms with E-state index in [-0.39, 0.29) is 5.75 Å². The number of hydrogen-bond donors (Lipinski definition) is 2. The summed E-state index contributed by atoms with van der Waals surface area (Å²) in [5, 5.41) is 12.4. The second kappa shape index (κ2) is 6.34. The van der Waals surface area contributed by atoms with Crippen molar-refractivity contribution in [2.24, 2.45) is 0 Å². The van der Waals surface area contributed by atoms with Crippen LogP contribution in [0.3, 0.4) is 0 Å². The molecule has 19 heavy (non-hydrogen) atoms. The second-order valence-corrected chi connectivity index (χ2v) is 4.51. The molecule has 0 bridgehead atoms. The standard InChI is InChI=1S/C16H18FNO/c1-2-13-5-3-4-6-14(13)11-18-10-12-7-8-16(19)15(17)9-12/h3-9,18-19H,2,10-11H2,1H3. The van der Waals surface area contributed by atoms with Crippen LogP contribution in [0.15, 0.2) is 42.5 Å². The highest BCUT2D eigenvalue weighted by Gasteiger charge is 2.02. The molecule has 2 rings (SSSR count). The van der Waals surface area contributed by atoms with Gasteiger partial charge in [0.25, 0.3) is 0 Å². The minimum Gasteiger partial charge on any atom is -0.505 e. The van der Waals surface area contributed by atoms with Gasteiger partial charge in [-0.2, -0.15) is 0 Å². The molecular weight excluding hydrogens is 241 g/mol. The van der Waals surface area contributed by atoms with E-state index in [0.717, 1.165) is 18.5 Å². The third-order valence-corrected chi connectivity index (χ3v) is 3.16. The van der Waals surface area contributed by atoms with Gasteiger partial charge in [-0.3, -0.25) is 0 Å². The van der Waals surface area contributed by atoms with Crippen LogP contribution in [0.5, 0.6) is 5.75 Å². The van der Waals surface area contributed by atoms with Gasteiger partial charge in [-0.1, -0.05) is 37.3 Å². The maximum atomic E-state index is 13.2. The van der Waals surface area contributed by atoms with E-state index in [1.807, 2.05) is 12.1 Å². The van der Waals surface area contributed by atoms with Crippen LogP contribution >= 0.6 is 0 Å². The van der Waals surface area contributed by atoms with Crippen molar-refractivity contribution in [3.63, 3.8) is 0 Å². The lowest BCUT2D eigenvalue weighted by atomic mass is 10.1. The molecule has 2 nitrogen and oxygen atoms in total. The Morgan fingerprint density at radius 1 is 1.05 bits per heavy atom. The molecule has 0 amide bonds. The van der Waals surface area contributed by atoms with Gasteiger partial charge < -0.3 is 10.4 Å². The van der Waals surface area contributed by atoms with Crippen molar-refractivity contribution in [3.05, 3.63) is 65.0 Å². The fourth-order valence-corrected chi connectivity index (χ4v) is 2.08. The smallest absolute Gasteiger partial charge is 0.165 e. The summed E-state index contributed by atoms with van der Waals surface area (Å²) in [4.78, 5) is 0. The van der Waals surface area contributed by atoms with Gasteiger partial charge in [-0.15, -0.1) is 0 Å². The Bertz CT molecular complexity index is 554. The fourth-order valence-electron chi connectivity index (χ4n) is 2.08. The van der Waals surface area contributed by atoms with E-state index in [1.165, 1.54) is 23.3 Å². The molecule has 0 saturated carbocycles. The summed E-state index contributed by atoms with van der Waals surface area (Å²) < 4.78 is 13.2. The zero-order valence-corrected chi connectivity index (χ0v) is 11.0. The summed E-state index contributed by atoms with van der Waals surface area (Å²) in [5.74, 6) is -0.881. The maximum Gasteiger partial charge on any atom is 0.165 e. The summed E-state index contributed by atoms with van der Waals surface area (Å²) in [6.07, 6.45) is 1.01. The van der Waals surface area contributed by atoms with Crippen molar-refractivity contribution in [2.45, 2.75) is 26.4 Å². The van der Waals surface area contributed by atoms with Gasteiger partial charge in [-0.05, 0) is 35.2 Å². The monoisotopic (exact) mass is 259 g/mol. The molecule has 3 heteroatoms. The number of nitrogens with one attached hydrogen (secondary N) is 1. The van der Waals surface area contributed by atoms with Crippen molar-refractivity contribution < 1.29 is 9.50 Å². The molecule has 2 aromatic carbocycles. The average Bonchev–Trinajstić information content (AvgIpc) is 2.43. The maximum absolute atomic E-state index is 13.2. The number of phenolic OH excluding ortho intramolecular Hbond substituents is 1. The lowest BCUT2D eigenvalue weighted by molar-refractivity contribution is 0.431. The van der Waals surface area contributed by atoms with E-state index in [1.54, 1.807) is 6.07 Å². The number of aryl methyl sites for hydroxylation is 1. The molecule has 0 heterocycles. The highest BCUT2D eigenvalue weighted by Crippen LogP contribution is 2.16. The Kier molecular flexibility index (Phi) is 4.53. The van der Waals surface area contributed by atoms with Gasteiger partial charge in [-0.25, -0.2) is 4.39 Å². The summed E-state index contributed by atoms with van der Waals surface area (Å²) in [6.45, 7) is 3.47. The van der Waals surface area contributed by atoms with Crippen molar-refractivity contribution in [1.82, 2.24) is 5.32 Å². The van der Waals surface area contributed by atoms with Crippen molar-refractivity contribution in [1.29, 1.82) is 0 Å². The first-order valence-electron chi connectivity index (χ1n) is 6.45. The van der Waals surface area contributed by atoms with Crippen LogP contribution in [0.1, 0.15) is 23.6 Å². The molecule has 0 saturated heterocycles. The first-order valence-corrected chi connectivity index (χ1v) is 6.45. The largest absolute Gasteiger partial charge is 0.505 e. The molecule has 0 atom stereocenters. The van der Waals surface area contributed by atoms with E-state index in [9.17, 15) is 4.39 Å². The van der Waals surface area contributed by atoms with Gasteiger partial charge in [0.1, 0.15) is 0 Å².